The summed E-state index contributed by atoms with van der Waals surface area (Å²) in [7, 11) is 5.55. The van der Waals surface area contributed by atoms with Crippen LogP contribution < -0.4 is 9.47 Å². The lowest BCUT2D eigenvalue weighted by atomic mass is 9.98. The molecule has 4 nitrogen and oxygen atoms in total. The van der Waals surface area contributed by atoms with Crippen molar-refractivity contribution in [2.24, 2.45) is 0 Å². The quantitative estimate of drug-likeness (QED) is 0.440. The van der Waals surface area contributed by atoms with Crippen LogP contribution in [0.3, 0.4) is 0 Å². The molecule has 1 heterocycles. The van der Waals surface area contributed by atoms with Crippen molar-refractivity contribution >= 4 is 26.9 Å². The molecule has 0 saturated heterocycles. The first kappa shape index (κ1) is 21.2. The van der Waals surface area contributed by atoms with Gasteiger partial charge in [0.05, 0.1) is 30.5 Å². The van der Waals surface area contributed by atoms with E-state index in [2.05, 4.69) is 21.9 Å². The third-order valence-electron chi connectivity index (χ3n) is 4.83. The molecule has 0 bridgehead atoms. The van der Waals surface area contributed by atoms with E-state index in [9.17, 15) is 4.39 Å². The third-order valence-corrected chi connectivity index (χ3v) is 5.47. The molecule has 0 radical (unpaired) electrons. The van der Waals surface area contributed by atoms with Gasteiger partial charge in [-0.15, -0.1) is 6.42 Å². The molecule has 2 aromatic carbocycles. The maximum absolute atomic E-state index is 13.7. The van der Waals surface area contributed by atoms with Crippen molar-refractivity contribution in [3.63, 3.8) is 0 Å². The molecule has 0 spiro atoms. The Labute approximate surface area is 178 Å². The predicted octanol–water partition coefficient (Wildman–Crippen LogP) is 5.07. The van der Waals surface area contributed by atoms with E-state index in [1.807, 2.05) is 31.1 Å². The molecule has 1 aromatic heterocycles. The molecular weight excluding hydrogens is 437 g/mol. The van der Waals surface area contributed by atoms with Crippen molar-refractivity contribution in [3.8, 4) is 23.8 Å². The van der Waals surface area contributed by atoms with Gasteiger partial charge in [-0.3, -0.25) is 4.90 Å². The monoisotopic (exact) mass is 459 g/mol. The van der Waals surface area contributed by atoms with Gasteiger partial charge in [0, 0.05) is 23.4 Å². The number of likely N-dealkylation sites (N-methyl/N-ethyl adjacent to an activating group) is 1. The van der Waals surface area contributed by atoms with Gasteiger partial charge in [0.1, 0.15) is 11.6 Å². The van der Waals surface area contributed by atoms with Crippen LogP contribution in [0.15, 0.2) is 45.5 Å². The van der Waals surface area contributed by atoms with Crippen molar-refractivity contribution in [2.45, 2.75) is 18.9 Å². The van der Waals surface area contributed by atoms with E-state index in [-0.39, 0.29) is 11.9 Å². The van der Waals surface area contributed by atoms with Gasteiger partial charge in [0.25, 0.3) is 0 Å². The first-order valence-corrected chi connectivity index (χ1v) is 10.00. The number of ether oxygens (including phenoxy) is 2. The fourth-order valence-corrected chi connectivity index (χ4v) is 3.47. The summed E-state index contributed by atoms with van der Waals surface area (Å²) in [5.41, 5.74) is 2.79. The Morgan fingerprint density at radius 1 is 1.24 bits per heavy atom. The summed E-state index contributed by atoms with van der Waals surface area (Å²) in [6.45, 7) is 0.388. The summed E-state index contributed by atoms with van der Waals surface area (Å²) >= 11 is 3.14. The summed E-state index contributed by atoms with van der Waals surface area (Å²) in [5.74, 6) is 3.63. The molecule has 3 rings (SSSR count). The van der Waals surface area contributed by atoms with Crippen molar-refractivity contribution < 1.29 is 18.3 Å². The summed E-state index contributed by atoms with van der Waals surface area (Å²) in [5, 5.41) is 0.997. The lowest BCUT2D eigenvalue weighted by Gasteiger charge is -2.19. The van der Waals surface area contributed by atoms with Gasteiger partial charge in [0.2, 0.25) is 0 Å². The molecule has 0 aliphatic carbocycles. The van der Waals surface area contributed by atoms with Crippen LogP contribution in [0.2, 0.25) is 0 Å². The van der Waals surface area contributed by atoms with E-state index in [4.69, 9.17) is 20.3 Å². The number of hydrogen-bond acceptors (Lipinski definition) is 4. The zero-order valence-corrected chi connectivity index (χ0v) is 18.3. The van der Waals surface area contributed by atoms with E-state index < -0.39 is 0 Å². The highest BCUT2D eigenvalue weighted by Gasteiger charge is 2.18. The number of hydrogen-bond donors (Lipinski definition) is 0. The van der Waals surface area contributed by atoms with Crippen molar-refractivity contribution in [1.82, 2.24) is 4.90 Å². The largest absolute Gasteiger partial charge is 0.493 e. The Morgan fingerprint density at radius 2 is 2.03 bits per heavy atom. The SMILES string of the molecule is C#C[C@@H](Cc1ccc(OC)c2occ(CCOc3ccc(Br)c(F)c3)c12)N(C)C. The second-order valence-electron chi connectivity index (χ2n) is 6.92. The summed E-state index contributed by atoms with van der Waals surface area (Å²) < 4.78 is 31.1. The van der Waals surface area contributed by atoms with Crippen molar-refractivity contribution in [1.29, 1.82) is 0 Å². The highest BCUT2D eigenvalue weighted by Crippen LogP contribution is 2.34. The van der Waals surface area contributed by atoms with Gasteiger partial charge in [-0.25, -0.2) is 4.39 Å². The van der Waals surface area contributed by atoms with Gasteiger partial charge in [-0.05, 0) is 60.2 Å². The van der Waals surface area contributed by atoms with E-state index >= 15 is 0 Å². The number of furan rings is 1. The van der Waals surface area contributed by atoms with Crippen LogP contribution in [-0.2, 0) is 12.8 Å². The topological polar surface area (TPSA) is 34.8 Å². The normalized spacial score (nSPS) is 12.2. The minimum Gasteiger partial charge on any atom is -0.493 e. The molecule has 1 atom stereocenters. The lowest BCUT2D eigenvalue weighted by molar-refractivity contribution is 0.320. The summed E-state index contributed by atoms with van der Waals surface area (Å²) in [6.07, 6.45) is 8.73. The first-order valence-electron chi connectivity index (χ1n) is 9.21. The number of methoxy groups -OCH3 is 1. The molecular formula is C23H23BrFNO3. The van der Waals surface area contributed by atoms with E-state index in [0.717, 1.165) is 16.5 Å². The van der Waals surface area contributed by atoms with Crippen LogP contribution >= 0.6 is 15.9 Å². The van der Waals surface area contributed by atoms with Gasteiger partial charge in [-0.2, -0.15) is 0 Å². The maximum Gasteiger partial charge on any atom is 0.176 e. The van der Waals surface area contributed by atoms with E-state index in [1.165, 1.54) is 6.07 Å². The smallest absolute Gasteiger partial charge is 0.176 e. The lowest BCUT2D eigenvalue weighted by Crippen LogP contribution is -2.28. The van der Waals surface area contributed by atoms with E-state index in [1.54, 1.807) is 25.5 Å². The second-order valence-corrected chi connectivity index (χ2v) is 7.77. The molecule has 0 N–H and O–H groups in total. The Morgan fingerprint density at radius 3 is 2.69 bits per heavy atom. The number of nitrogens with zero attached hydrogens (tertiary/aromatic N) is 1. The molecule has 29 heavy (non-hydrogen) atoms. The van der Waals surface area contributed by atoms with Gasteiger partial charge in [0.15, 0.2) is 11.3 Å². The summed E-state index contributed by atoms with van der Waals surface area (Å²) in [6, 6.07) is 8.61. The Bertz CT molecular complexity index is 1040. The molecule has 3 aromatic rings. The zero-order chi connectivity index (χ0) is 21.0. The van der Waals surface area contributed by atoms with Crippen LogP contribution in [0.1, 0.15) is 11.1 Å². The van der Waals surface area contributed by atoms with Gasteiger partial charge < -0.3 is 13.9 Å². The molecule has 0 unspecified atom stereocenters. The second kappa shape index (κ2) is 9.34. The maximum atomic E-state index is 13.7. The first-order chi connectivity index (χ1) is 13.9. The molecule has 0 aliphatic rings. The number of fused-ring (bicyclic) bond motifs is 1. The standard InChI is InChI=1S/C23H23BrFNO3/c1-5-17(26(2)3)12-15-6-9-21(27-4)23-22(15)16(14-29-23)10-11-28-18-7-8-19(24)20(25)13-18/h1,6-9,13-14,17H,10-12H2,2-4H3/t17-/m0/s1. The van der Waals surface area contributed by atoms with Crippen LogP contribution in [0.5, 0.6) is 11.5 Å². The van der Waals surface area contributed by atoms with Gasteiger partial charge in [-0.1, -0.05) is 12.0 Å². The molecule has 0 fully saturated rings. The minimum atomic E-state index is -0.354. The van der Waals surface area contributed by atoms with Crippen molar-refractivity contribution in [2.75, 3.05) is 27.8 Å². The number of terminal acetylenes is 1. The molecule has 6 heteroatoms. The average Bonchev–Trinajstić information content (AvgIpc) is 3.13. The Kier molecular flexibility index (Phi) is 6.83. The average molecular weight is 460 g/mol. The molecule has 0 amide bonds. The molecule has 0 saturated carbocycles. The highest BCUT2D eigenvalue weighted by atomic mass is 79.9. The fourth-order valence-electron chi connectivity index (χ4n) is 3.22. The Balaban J connectivity index is 1.85. The fraction of sp³-hybridized carbons (Fsp3) is 0.304. The summed E-state index contributed by atoms with van der Waals surface area (Å²) in [4.78, 5) is 2.01. The molecule has 152 valence electrons. The zero-order valence-electron chi connectivity index (χ0n) is 16.7. The predicted molar refractivity (Wildman–Crippen MR) is 116 cm³/mol. The minimum absolute atomic E-state index is 0.0312. The number of halogens is 2. The van der Waals surface area contributed by atoms with Gasteiger partial charge >= 0.3 is 0 Å². The Hall–Kier alpha value is -2.49. The van der Waals surface area contributed by atoms with E-state index in [0.29, 0.717) is 41.0 Å². The number of rotatable bonds is 8. The van der Waals surface area contributed by atoms with Crippen LogP contribution in [0, 0.1) is 18.2 Å². The highest BCUT2D eigenvalue weighted by molar-refractivity contribution is 9.10. The third kappa shape index (κ3) is 4.75. The number of benzene rings is 2. The van der Waals surface area contributed by atoms with Crippen molar-refractivity contribution in [3.05, 3.63) is 58.0 Å². The van der Waals surface area contributed by atoms with Crippen LogP contribution in [0.4, 0.5) is 4.39 Å². The molecule has 0 aliphatic heterocycles. The van der Waals surface area contributed by atoms with Crippen LogP contribution in [-0.4, -0.2) is 38.8 Å². The van der Waals surface area contributed by atoms with Crippen LogP contribution in [0.25, 0.3) is 11.0 Å².